The van der Waals surface area contributed by atoms with Crippen LogP contribution >= 0.6 is 11.8 Å². The molecule has 0 aromatic heterocycles. The third kappa shape index (κ3) is 6.35. The molecule has 8 heavy (non-hydrogen) atoms. The highest BCUT2D eigenvalue weighted by Crippen LogP contribution is 2.12. The Morgan fingerprint density at radius 2 is 1.88 bits per heavy atom. The van der Waals surface area contributed by atoms with Gasteiger partial charge in [0.05, 0.1) is 0 Å². The highest BCUT2D eigenvalue weighted by Gasteiger charge is 1.95. The summed E-state index contributed by atoms with van der Waals surface area (Å²) in [5.74, 6) is 2.05. The zero-order chi connectivity index (χ0) is 6.57. The predicted octanol–water partition coefficient (Wildman–Crippen LogP) is 2.60. The first-order valence-electron chi connectivity index (χ1n) is 3.07. The number of rotatable bonds is 3. The zero-order valence-electron chi connectivity index (χ0n) is 5.98. The van der Waals surface area contributed by atoms with Gasteiger partial charge < -0.3 is 0 Å². The van der Waals surface area contributed by atoms with Crippen molar-refractivity contribution >= 4 is 11.8 Å². The largest absolute Gasteiger partial charge is 0.159 e. The Bertz CT molecular complexity index is 40.3. The van der Waals surface area contributed by atoms with E-state index >= 15 is 0 Å². The Kier molecular flexibility index (Phi) is 4.44. The van der Waals surface area contributed by atoms with Crippen LogP contribution < -0.4 is 0 Å². The summed E-state index contributed by atoms with van der Waals surface area (Å²) >= 11 is 1.93. The van der Waals surface area contributed by atoms with Gasteiger partial charge in [0.15, 0.2) is 0 Å². The van der Waals surface area contributed by atoms with Crippen LogP contribution in [0.15, 0.2) is 0 Å². The second kappa shape index (κ2) is 4.25. The lowest BCUT2D eigenvalue weighted by molar-refractivity contribution is 0.749. The zero-order valence-corrected chi connectivity index (χ0v) is 6.79. The fourth-order valence-electron chi connectivity index (χ4n) is 0.357. The number of hydrogen-bond acceptors (Lipinski definition) is 1. The van der Waals surface area contributed by atoms with Crippen LogP contribution in [0.3, 0.4) is 0 Å². The summed E-state index contributed by atoms with van der Waals surface area (Å²) in [5.41, 5.74) is 0. The van der Waals surface area contributed by atoms with E-state index < -0.39 is 0 Å². The van der Waals surface area contributed by atoms with Crippen LogP contribution in [0.4, 0.5) is 0 Å². The maximum atomic E-state index is 3.87. The van der Waals surface area contributed by atoms with E-state index in [1.54, 1.807) is 0 Å². The summed E-state index contributed by atoms with van der Waals surface area (Å²) in [4.78, 5) is 0. The maximum absolute atomic E-state index is 3.87. The fraction of sp³-hybridized carbons (Fsp3) is 0.857. The molecule has 1 unspecified atom stereocenters. The Balaban J connectivity index is 2.93. The van der Waals surface area contributed by atoms with Gasteiger partial charge in [-0.1, -0.05) is 20.8 Å². The average molecular weight is 131 g/mol. The molecular weight excluding hydrogens is 116 g/mol. The SMILES string of the molecule is [CH2]C(C)SCC(C)C. The third-order valence-electron chi connectivity index (χ3n) is 0.714. The van der Waals surface area contributed by atoms with Gasteiger partial charge in [0.25, 0.3) is 0 Å². The van der Waals surface area contributed by atoms with Crippen molar-refractivity contribution in [2.45, 2.75) is 26.0 Å². The van der Waals surface area contributed by atoms with Gasteiger partial charge in [0.1, 0.15) is 0 Å². The third-order valence-corrected chi connectivity index (χ3v) is 2.14. The molecule has 0 aliphatic rings. The predicted molar refractivity (Wildman–Crippen MR) is 42.1 cm³/mol. The molecule has 0 aliphatic heterocycles. The standard InChI is InChI=1S/C7H15S/c1-6(2)5-8-7(3)4/h6-7H,3,5H2,1-2,4H3. The van der Waals surface area contributed by atoms with Gasteiger partial charge in [-0.25, -0.2) is 0 Å². The second-order valence-corrected chi connectivity index (χ2v) is 4.01. The first kappa shape index (κ1) is 8.35. The molecule has 0 amide bonds. The van der Waals surface area contributed by atoms with Crippen molar-refractivity contribution in [1.82, 2.24) is 0 Å². The van der Waals surface area contributed by atoms with E-state index in [-0.39, 0.29) is 0 Å². The molecule has 1 heteroatoms. The van der Waals surface area contributed by atoms with Crippen LogP contribution in [0.2, 0.25) is 0 Å². The average Bonchev–Trinajstić information content (AvgIpc) is 1.61. The molecule has 0 saturated carbocycles. The normalized spacial score (nSPS) is 11.2. The van der Waals surface area contributed by atoms with Gasteiger partial charge in [-0.2, -0.15) is 11.8 Å². The molecule has 0 spiro atoms. The molecular formula is C7H15S. The number of thioether (sulfide) groups is 1. The Morgan fingerprint density at radius 1 is 1.38 bits per heavy atom. The molecule has 0 aromatic carbocycles. The summed E-state index contributed by atoms with van der Waals surface area (Å²) < 4.78 is 0. The van der Waals surface area contributed by atoms with Crippen LogP contribution in [0, 0.1) is 12.8 Å². The van der Waals surface area contributed by atoms with Gasteiger partial charge in [-0.15, -0.1) is 0 Å². The minimum absolute atomic E-state index is 0.553. The summed E-state index contributed by atoms with van der Waals surface area (Å²) in [6.45, 7) is 10.5. The van der Waals surface area contributed by atoms with Crippen molar-refractivity contribution < 1.29 is 0 Å². The Hall–Kier alpha value is 0.350. The summed E-state index contributed by atoms with van der Waals surface area (Å²) in [7, 11) is 0. The van der Waals surface area contributed by atoms with Crippen molar-refractivity contribution in [3.8, 4) is 0 Å². The van der Waals surface area contributed by atoms with E-state index in [1.165, 1.54) is 5.75 Å². The molecule has 0 heterocycles. The van der Waals surface area contributed by atoms with Crippen molar-refractivity contribution in [1.29, 1.82) is 0 Å². The lowest BCUT2D eigenvalue weighted by Gasteiger charge is -2.05. The van der Waals surface area contributed by atoms with Gasteiger partial charge >= 0.3 is 0 Å². The lowest BCUT2D eigenvalue weighted by Crippen LogP contribution is -1.95. The lowest BCUT2D eigenvalue weighted by atomic mass is 10.3. The second-order valence-electron chi connectivity index (χ2n) is 2.54. The molecule has 0 aliphatic carbocycles. The maximum Gasteiger partial charge on any atom is 0.00192 e. The van der Waals surface area contributed by atoms with E-state index in [0.29, 0.717) is 5.25 Å². The quantitative estimate of drug-likeness (QED) is 0.567. The van der Waals surface area contributed by atoms with Crippen molar-refractivity contribution in [3.63, 3.8) is 0 Å². The van der Waals surface area contributed by atoms with Crippen LogP contribution in [-0.2, 0) is 0 Å². The minimum atomic E-state index is 0.553. The molecule has 0 aromatic rings. The van der Waals surface area contributed by atoms with Crippen molar-refractivity contribution in [2.24, 2.45) is 5.92 Å². The number of hydrogen-bond donors (Lipinski definition) is 0. The van der Waals surface area contributed by atoms with Crippen LogP contribution in [0.25, 0.3) is 0 Å². The first-order chi connectivity index (χ1) is 3.63. The highest BCUT2D eigenvalue weighted by atomic mass is 32.2. The van der Waals surface area contributed by atoms with Crippen LogP contribution in [0.1, 0.15) is 20.8 Å². The van der Waals surface area contributed by atoms with Gasteiger partial charge in [0.2, 0.25) is 0 Å². The van der Waals surface area contributed by atoms with Crippen molar-refractivity contribution in [3.05, 3.63) is 6.92 Å². The van der Waals surface area contributed by atoms with Crippen LogP contribution in [-0.4, -0.2) is 11.0 Å². The Morgan fingerprint density at radius 3 is 2.00 bits per heavy atom. The van der Waals surface area contributed by atoms with E-state index in [4.69, 9.17) is 0 Å². The molecule has 0 saturated heterocycles. The van der Waals surface area contributed by atoms with E-state index in [2.05, 4.69) is 27.7 Å². The smallest absolute Gasteiger partial charge is 0.00192 e. The molecule has 49 valence electrons. The molecule has 0 N–H and O–H groups in total. The summed E-state index contributed by atoms with van der Waals surface area (Å²) in [5, 5.41) is 0.553. The minimum Gasteiger partial charge on any atom is -0.159 e. The molecule has 0 bridgehead atoms. The van der Waals surface area contributed by atoms with Gasteiger partial charge in [-0.05, 0) is 18.6 Å². The fourth-order valence-corrected chi connectivity index (χ4v) is 1.07. The summed E-state index contributed by atoms with van der Waals surface area (Å²) in [6, 6.07) is 0. The Labute approximate surface area is 57.1 Å². The van der Waals surface area contributed by atoms with Crippen LogP contribution in [0.5, 0.6) is 0 Å². The monoisotopic (exact) mass is 131 g/mol. The van der Waals surface area contributed by atoms with Gasteiger partial charge in [-0.3, -0.25) is 0 Å². The van der Waals surface area contributed by atoms with E-state index in [9.17, 15) is 0 Å². The molecule has 0 nitrogen and oxygen atoms in total. The van der Waals surface area contributed by atoms with E-state index in [1.807, 2.05) is 11.8 Å². The van der Waals surface area contributed by atoms with Gasteiger partial charge in [0, 0.05) is 5.25 Å². The molecule has 1 atom stereocenters. The topological polar surface area (TPSA) is 0 Å². The molecule has 0 fully saturated rings. The summed E-state index contributed by atoms with van der Waals surface area (Å²) in [6.07, 6.45) is 0. The highest BCUT2D eigenvalue weighted by molar-refractivity contribution is 7.99. The van der Waals surface area contributed by atoms with E-state index in [0.717, 1.165) is 5.92 Å². The molecule has 1 radical (unpaired) electrons. The molecule has 0 rings (SSSR count). The first-order valence-corrected chi connectivity index (χ1v) is 4.12. The van der Waals surface area contributed by atoms with Crippen molar-refractivity contribution in [2.75, 3.05) is 5.75 Å².